The van der Waals surface area contributed by atoms with Gasteiger partial charge < -0.3 is 31.6 Å². The summed E-state index contributed by atoms with van der Waals surface area (Å²) < 4.78 is 38.8. The van der Waals surface area contributed by atoms with Crippen LogP contribution in [0, 0.1) is 17.0 Å². The SMILES string of the molecule is COc1ccc(F)cc1C(=O)NCc1ccc(C(=N)/C(C(N)=O)=C(/N)NC2CCOCC2)c(F)c1. The van der Waals surface area contributed by atoms with Crippen LogP contribution in [0.1, 0.15) is 34.3 Å². The normalized spacial score (nSPS) is 14.6. The minimum atomic E-state index is -0.966. The number of benzene rings is 2. The molecule has 0 bridgehead atoms. The Morgan fingerprint density at radius 2 is 1.83 bits per heavy atom. The predicted octanol–water partition coefficient (Wildman–Crippen LogP) is 1.70. The predicted molar refractivity (Wildman–Crippen MR) is 125 cm³/mol. The molecular formula is C24H27F2N5O4. The number of nitrogens with two attached hydrogens (primary N) is 2. The molecule has 35 heavy (non-hydrogen) atoms. The van der Waals surface area contributed by atoms with Crippen LogP contribution in [0.25, 0.3) is 0 Å². The summed E-state index contributed by atoms with van der Waals surface area (Å²) in [7, 11) is 1.35. The van der Waals surface area contributed by atoms with E-state index in [0.717, 1.165) is 12.1 Å². The second-order valence-corrected chi connectivity index (χ2v) is 7.90. The molecule has 1 heterocycles. The quantitative estimate of drug-likeness (QED) is 0.268. The van der Waals surface area contributed by atoms with E-state index in [2.05, 4.69) is 10.6 Å². The third-order valence-electron chi connectivity index (χ3n) is 5.51. The summed E-state index contributed by atoms with van der Waals surface area (Å²) in [5.74, 6) is -2.89. The fraction of sp³-hybridized carbons (Fsp3) is 0.292. The van der Waals surface area contributed by atoms with E-state index in [9.17, 15) is 18.4 Å². The third kappa shape index (κ3) is 6.33. The van der Waals surface area contributed by atoms with E-state index in [1.54, 1.807) is 0 Å². The molecule has 7 N–H and O–H groups in total. The Labute approximate surface area is 201 Å². The van der Waals surface area contributed by atoms with Crippen LogP contribution in [-0.4, -0.2) is 43.9 Å². The Morgan fingerprint density at radius 1 is 1.11 bits per heavy atom. The second-order valence-electron chi connectivity index (χ2n) is 7.90. The monoisotopic (exact) mass is 487 g/mol. The van der Waals surface area contributed by atoms with Crippen LogP contribution in [0.15, 0.2) is 47.8 Å². The highest BCUT2D eigenvalue weighted by atomic mass is 19.1. The molecule has 11 heteroatoms. The van der Waals surface area contributed by atoms with Gasteiger partial charge in [0, 0.05) is 31.4 Å². The zero-order valence-corrected chi connectivity index (χ0v) is 19.1. The van der Waals surface area contributed by atoms with E-state index < -0.39 is 29.2 Å². The van der Waals surface area contributed by atoms with E-state index in [-0.39, 0.29) is 40.9 Å². The maximum absolute atomic E-state index is 14.9. The molecule has 1 saturated heterocycles. The number of hydrogen-bond donors (Lipinski definition) is 5. The maximum Gasteiger partial charge on any atom is 0.255 e. The molecule has 2 amide bonds. The molecule has 0 aliphatic carbocycles. The summed E-state index contributed by atoms with van der Waals surface area (Å²) in [5, 5.41) is 13.9. The number of carbonyl (C=O) groups is 2. The van der Waals surface area contributed by atoms with Crippen molar-refractivity contribution in [2.45, 2.75) is 25.4 Å². The van der Waals surface area contributed by atoms with Gasteiger partial charge in [0.15, 0.2) is 0 Å². The summed E-state index contributed by atoms with van der Waals surface area (Å²) in [6.45, 7) is 0.995. The lowest BCUT2D eigenvalue weighted by molar-refractivity contribution is -0.114. The number of hydrogen-bond acceptors (Lipinski definition) is 7. The molecule has 2 aromatic carbocycles. The molecule has 3 rings (SSSR count). The van der Waals surface area contributed by atoms with Gasteiger partial charge in [-0.3, -0.25) is 15.0 Å². The molecule has 2 aromatic rings. The lowest BCUT2D eigenvalue weighted by atomic mass is 9.99. The van der Waals surface area contributed by atoms with Gasteiger partial charge in [-0.1, -0.05) is 6.07 Å². The van der Waals surface area contributed by atoms with Crippen molar-refractivity contribution in [2.24, 2.45) is 11.5 Å². The first kappa shape index (κ1) is 25.6. The van der Waals surface area contributed by atoms with Gasteiger partial charge in [-0.15, -0.1) is 0 Å². The van der Waals surface area contributed by atoms with Crippen LogP contribution in [0.2, 0.25) is 0 Å². The molecule has 0 saturated carbocycles. The number of primary amides is 1. The Hall–Kier alpha value is -3.99. The van der Waals surface area contributed by atoms with E-state index >= 15 is 0 Å². The fourth-order valence-corrected chi connectivity index (χ4v) is 3.67. The zero-order chi connectivity index (χ0) is 25.5. The van der Waals surface area contributed by atoms with Crippen molar-refractivity contribution < 1.29 is 27.8 Å². The van der Waals surface area contributed by atoms with E-state index in [0.29, 0.717) is 31.6 Å². The van der Waals surface area contributed by atoms with E-state index in [4.69, 9.17) is 26.4 Å². The largest absolute Gasteiger partial charge is 0.496 e. The van der Waals surface area contributed by atoms with Crippen LogP contribution in [0.4, 0.5) is 8.78 Å². The first-order valence-corrected chi connectivity index (χ1v) is 10.8. The minimum Gasteiger partial charge on any atom is -0.496 e. The molecule has 1 fully saturated rings. The molecule has 9 nitrogen and oxygen atoms in total. The number of halogens is 2. The third-order valence-corrected chi connectivity index (χ3v) is 5.51. The van der Waals surface area contributed by atoms with Crippen LogP contribution >= 0.6 is 0 Å². The lowest BCUT2D eigenvalue weighted by Crippen LogP contribution is -2.40. The first-order chi connectivity index (χ1) is 16.7. The number of carbonyl (C=O) groups excluding carboxylic acids is 2. The van der Waals surface area contributed by atoms with Crippen LogP contribution in [-0.2, 0) is 16.1 Å². The van der Waals surface area contributed by atoms with Crippen molar-refractivity contribution in [2.75, 3.05) is 20.3 Å². The van der Waals surface area contributed by atoms with Gasteiger partial charge in [-0.2, -0.15) is 0 Å². The van der Waals surface area contributed by atoms with Crippen molar-refractivity contribution >= 4 is 17.5 Å². The number of methoxy groups -OCH3 is 1. The van der Waals surface area contributed by atoms with Gasteiger partial charge >= 0.3 is 0 Å². The molecule has 1 aliphatic heterocycles. The highest BCUT2D eigenvalue weighted by molar-refractivity contribution is 6.26. The molecule has 0 spiro atoms. The van der Waals surface area contributed by atoms with Gasteiger partial charge in [0.25, 0.3) is 11.8 Å². The molecular weight excluding hydrogens is 460 g/mol. The topological polar surface area (TPSA) is 153 Å². The Kier molecular flexibility index (Phi) is 8.37. The van der Waals surface area contributed by atoms with Crippen molar-refractivity contribution in [3.8, 4) is 5.75 Å². The van der Waals surface area contributed by atoms with Gasteiger partial charge in [0.05, 0.1) is 18.4 Å². The van der Waals surface area contributed by atoms with Gasteiger partial charge in [-0.05, 0) is 48.7 Å². The molecule has 1 aliphatic rings. The number of rotatable bonds is 9. The average molecular weight is 488 g/mol. The zero-order valence-electron chi connectivity index (χ0n) is 19.1. The fourth-order valence-electron chi connectivity index (χ4n) is 3.67. The molecule has 0 atom stereocenters. The summed E-state index contributed by atoms with van der Waals surface area (Å²) in [5.41, 5.74) is 10.9. The van der Waals surface area contributed by atoms with Crippen LogP contribution < -0.4 is 26.8 Å². The first-order valence-electron chi connectivity index (χ1n) is 10.8. The molecule has 0 unspecified atom stereocenters. The number of nitrogens with one attached hydrogen (secondary N) is 3. The molecule has 0 aromatic heterocycles. The minimum absolute atomic E-state index is 0.00453. The molecule has 186 valence electrons. The van der Waals surface area contributed by atoms with Gasteiger partial charge in [0.2, 0.25) is 0 Å². The summed E-state index contributed by atoms with van der Waals surface area (Å²) in [4.78, 5) is 24.5. The average Bonchev–Trinajstić information content (AvgIpc) is 2.83. The van der Waals surface area contributed by atoms with Crippen molar-refractivity contribution in [3.63, 3.8) is 0 Å². The van der Waals surface area contributed by atoms with E-state index in [1.807, 2.05) is 0 Å². The smallest absolute Gasteiger partial charge is 0.255 e. The van der Waals surface area contributed by atoms with Gasteiger partial charge in [-0.25, -0.2) is 8.78 Å². The second kappa shape index (κ2) is 11.4. The Morgan fingerprint density at radius 3 is 2.46 bits per heavy atom. The van der Waals surface area contributed by atoms with Gasteiger partial charge in [0.1, 0.15) is 28.8 Å². The van der Waals surface area contributed by atoms with Crippen LogP contribution in [0.5, 0.6) is 5.75 Å². The summed E-state index contributed by atoms with van der Waals surface area (Å²) >= 11 is 0. The van der Waals surface area contributed by atoms with Crippen LogP contribution in [0.3, 0.4) is 0 Å². The Balaban J connectivity index is 1.74. The summed E-state index contributed by atoms with van der Waals surface area (Å²) in [6.07, 6.45) is 1.33. The maximum atomic E-state index is 14.9. The van der Waals surface area contributed by atoms with Crippen molar-refractivity contribution in [3.05, 3.63) is 76.1 Å². The number of ether oxygens (including phenoxy) is 2. The highest BCUT2D eigenvalue weighted by Crippen LogP contribution is 2.20. The highest BCUT2D eigenvalue weighted by Gasteiger charge is 2.23. The van der Waals surface area contributed by atoms with Crippen molar-refractivity contribution in [1.29, 1.82) is 5.41 Å². The Bertz CT molecular complexity index is 1160. The standard InChI is InChI=1S/C24H27F2N5O4/c1-34-19-5-3-14(25)11-17(19)24(33)30-12-13-2-4-16(18(26)10-13)21(27)20(23(29)32)22(28)31-15-6-8-35-9-7-15/h2-5,10-11,15,27,31H,6-9,12,28H2,1H3,(H2,29,32)(H,30,33)/b22-20+,27-21?. The van der Waals surface area contributed by atoms with E-state index in [1.165, 1.54) is 31.4 Å². The van der Waals surface area contributed by atoms with Crippen molar-refractivity contribution in [1.82, 2.24) is 10.6 Å². The summed E-state index contributed by atoms with van der Waals surface area (Å²) in [6, 6.07) is 7.38. The number of amides is 2. The lowest BCUT2D eigenvalue weighted by Gasteiger charge is -2.25. The molecule has 0 radical (unpaired) electrons.